The first-order chi connectivity index (χ1) is 12.6. The number of carbonyl (C=O) groups excluding carboxylic acids is 2. The van der Waals surface area contributed by atoms with Gasteiger partial charge in [-0.25, -0.2) is 0 Å². The summed E-state index contributed by atoms with van der Waals surface area (Å²) in [4.78, 5) is 27.2. The molecule has 2 amide bonds. The van der Waals surface area contributed by atoms with Crippen LogP contribution < -0.4 is 11.1 Å². The van der Waals surface area contributed by atoms with Crippen LogP contribution in [0.25, 0.3) is 0 Å². The van der Waals surface area contributed by atoms with Crippen LogP contribution in [0.2, 0.25) is 5.02 Å². The highest BCUT2D eigenvalue weighted by Gasteiger charge is 2.24. The molecule has 0 atom stereocenters. The first kappa shape index (κ1) is 21.2. The lowest BCUT2D eigenvalue weighted by atomic mass is 9.96. The second kappa shape index (κ2) is 9.74. The Morgan fingerprint density at radius 3 is 2.33 bits per heavy atom. The molecular weight excluding hydrogens is 385 g/mol. The van der Waals surface area contributed by atoms with Crippen LogP contribution in [0.4, 0.5) is 5.69 Å². The van der Waals surface area contributed by atoms with Gasteiger partial charge < -0.3 is 16.0 Å². The quantitative estimate of drug-likeness (QED) is 0.808. The van der Waals surface area contributed by atoms with E-state index >= 15 is 0 Å². The van der Waals surface area contributed by atoms with Crippen molar-refractivity contribution in [3.05, 3.63) is 64.7 Å². The third kappa shape index (κ3) is 5.22. The van der Waals surface area contributed by atoms with Crippen molar-refractivity contribution in [1.29, 1.82) is 0 Å². The summed E-state index contributed by atoms with van der Waals surface area (Å²) in [6.45, 7) is 2.05. The zero-order valence-corrected chi connectivity index (χ0v) is 16.4. The van der Waals surface area contributed by atoms with Gasteiger partial charge in [0.1, 0.15) is 0 Å². The summed E-state index contributed by atoms with van der Waals surface area (Å²) in [5.41, 5.74) is 7.22. The van der Waals surface area contributed by atoms with Gasteiger partial charge in [0, 0.05) is 23.7 Å². The highest BCUT2D eigenvalue weighted by molar-refractivity contribution is 6.30. The van der Waals surface area contributed by atoms with Crippen LogP contribution in [0.3, 0.4) is 0 Å². The van der Waals surface area contributed by atoms with E-state index in [4.69, 9.17) is 17.3 Å². The predicted octanol–water partition coefficient (Wildman–Crippen LogP) is 3.83. The van der Waals surface area contributed by atoms with Gasteiger partial charge in [-0.1, -0.05) is 23.7 Å². The van der Waals surface area contributed by atoms with E-state index in [-0.39, 0.29) is 24.2 Å². The summed E-state index contributed by atoms with van der Waals surface area (Å²) in [6.07, 6.45) is 1.84. The molecule has 0 radical (unpaired) electrons. The summed E-state index contributed by atoms with van der Waals surface area (Å²) in [5, 5.41) is 3.40. The van der Waals surface area contributed by atoms with Crippen LogP contribution >= 0.6 is 24.0 Å². The molecule has 3 N–H and O–H groups in total. The Morgan fingerprint density at radius 1 is 1.07 bits per heavy atom. The summed E-state index contributed by atoms with van der Waals surface area (Å²) in [6, 6.07) is 13.7. The van der Waals surface area contributed by atoms with E-state index in [0.717, 1.165) is 12.8 Å². The average Bonchev–Trinajstić information content (AvgIpc) is 2.68. The molecule has 0 unspecified atom stereocenters. The fourth-order valence-electron chi connectivity index (χ4n) is 3.12. The van der Waals surface area contributed by atoms with Gasteiger partial charge in [-0.05, 0) is 61.7 Å². The van der Waals surface area contributed by atoms with Gasteiger partial charge in [0.05, 0.1) is 11.3 Å². The van der Waals surface area contributed by atoms with Crippen LogP contribution in [0.15, 0.2) is 48.5 Å². The molecule has 3 rings (SSSR count). The van der Waals surface area contributed by atoms with Crippen molar-refractivity contribution >= 4 is 41.5 Å². The Balaban J connectivity index is 0.00000261. The van der Waals surface area contributed by atoms with Gasteiger partial charge >= 0.3 is 0 Å². The monoisotopic (exact) mass is 407 g/mol. The smallest absolute Gasteiger partial charge is 0.255 e. The molecule has 0 spiro atoms. The van der Waals surface area contributed by atoms with E-state index in [9.17, 15) is 9.59 Å². The fourth-order valence-corrected chi connectivity index (χ4v) is 3.24. The Kier molecular flexibility index (Phi) is 7.66. The van der Waals surface area contributed by atoms with Crippen molar-refractivity contribution in [3.8, 4) is 0 Å². The molecule has 0 aliphatic carbocycles. The van der Waals surface area contributed by atoms with E-state index in [1.807, 2.05) is 4.90 Å². The van der Waals surface area contributed by atoms with Crippen LogP contribution in [0, 0.1) is 5.92 Å². The lowest BCUT2D eigenvalue weighted by Crippen LogP contribution is -2.40. The normalized spacial score (nSPS) is 14.4. The highest BCUT2D eigenvalue weighted by atomic mass is 35.5. The lowest BCUT2D eigenvalue weighted by Gasteiger charge is -2.31. The molecule has 1 saturated heterocycles. The van der Waals surface area contributed by atoms with E-state index in [0.29, 0.717) is 47.4 Å². The second-order valence-electron chi connectivity index (χ2n) is 6.48. The van der Waals surface area contributed by atoms with Gasteiger partial charge in [-0.3, -0.25) is 9.59 Å². The molecule has 1 aliphatic rings. The lowest BCUT2D eigenvalue weighted by molar-refractivity contribution is 0.0694. The minimum absolute atomic E-state index is 0. The zero-order chi connectivity index (χ0) is 18.5. The molecule has 1 fully saturated rings. The van der Waals surface area contributed by atoms with Gasteiger partial charge in [-0.15, -0.1) is 12.4 Å². The third-order valence-electron chi connectivity index (χ3n) is 4.75. The molecular formula is C20H23Cl2N3O2. The molecule has 5 nitrogen and oxygen atoms in total. The van der Waals surface area contributed by atoms with Crippen LogP contribution in [-0.2, 0) is 0 Å². The first-order valence-electron chi connectivity index (χ1n) is 8.74. The second-order valence-corrected chi connectivity index (χ2v) is 6.91. The number of para-hydroxylation sites is 1. The van der Waals surface area contributed by atoms with E-state index in [1.165, 1.54) is 0 Å². The summed E-state index contributed by atoms with van der Waals surface area (Å²) < 4.78 is 0. The number of nitrogens with one attached hydrogen (secondary N) is 1. The van der Waals surface area contributed by atoms with E-state index in [2.05, 4.69) is 5.32 Å². The number of halogens is 2. The summed E-state index contributed by atoms with van der Waals surface area (Å²) in [7, 11) is 0. The maximum Gasteiger partial charge on any atom is 0.255 e. The Labute approximate surface area is 170 Å². The van der Waals surface area contributed by atoms with Crippen LogP contribution in [0.1, 0.15) is 33.6 Å². The number of piperidine rings is 1. The molecule has 1 heterocycles. The van der Waals surface area contributed by atoms with Crippen molar-refractivity contribution < 1.29 is 9.59 Å². The van der Waals surface area contributed by atoms with Gasteiger partial charge in [0.15, 0.2) is 0 Å². The van der Waals surface area contributed by atoms with Gasteiger partial charge in [0.25, 0.3) is 11.8 Å². The first-order valence-corrected chi connectivity index (χ1v) is 9.11. The number of hydrogen-bond acceptors (Lipinski definition) is 3. The number of carbonyl (C=O) groups is 2. The van der Waals surface area contributed by atoms with E-state index < -0.39 is 0 Å². The molecule has 2 aromatic rings. The molecule has 0 bridgehead atoms. The number of hydrogen-bond donors (Lipinski definition) is 2. The SMILES string of the molecule is Cl.NCC1CCN(C(=O)c2ccccc2NC(=O)c2ccc(Cl)cc2)CC1. The zero-order valence-electron chi connectivity index (χ0n) is 14.9. The topological polar surface area (TPSA) is 75.4 Å². The maximum atomic E-state index is 12.9. The Hall–Kier alpha value is -2.08. The van der Waals surface area contributed by atoms with Crippen LogP contribution in [0.5, 0.6) is 0 Å². The minimum atomic E-state index is -0.274. The number of amides is 2. The molecule has 27 heavy (non-hydrogen) atoms. The summed E-state index contributed by atoms with van der Waals surface area (Å²) >= 11 is 5.86. The predicted molar refractivity (Wildman–Crippen MR) is 111 cm³/mol. The molecule has 0 aromatic heterocycles. The average molecular weight is 408 g/mol. The van der Waals surface area contributed by atoms with Crippen molar-refractivity contribution in [1.82, 2.24) is 4.90 Å². The summed E-state index contributed by atoms with van der Waals surface area (Å²) in [5.74, 6) is 0.148. The highest BCUT2D eigenvalue weighted by Crippen LogP contribution is 2.22. The number of rotatable bonds is 4. The third-order valence-corrected chi connectivity index (χ3v) is 5.00. The molecule has 2 aromatic carbocycles. The Bertz CT molecular complexity index is 788. The number of nitrogens with two attached hydrogens (primary N) is 1. The van der Waals surface area contributed by atoms with Crippen molar-refractivity contribution in [2.45, 2.75) is 12.8 Å². The molecule has 1 aliphatic heterocycles. The molecule has 144 valence electrons. The largest absolute Gasteiger partial charge is 0.339 e. The molecule has 0 saturated carbocycles. The number of likely N-dealkylation sites (tertiary alicyclic amines) is 1. The maximum absolute atomic E-state index is 12.9. The van der Waals surface area contributed by atoms with Crippen molar-refractivity contribution in [2.24, 2.45) is 11.7 Å². The standard InChI is InChI=1S/C20H22ClN3O2.ClH/c21-16-7-5-15(6-8-16)19(25)23-18-4-2-1-3-17(18)20(26)24-11-9-14(13-22)10-12-24;/h1-8,14H,9-13,22H2,(H,23,25);1H. The number of nitrogens with zero attached hydrogens (tertiary/aromatic N) is 1. The van der Waals surface area contributed by atoms with Crippen molar-refractivity contribution in [3.63, 3.8) is 0 Å². The van der Waals surface area contributed by atoms with Crippen LogP contribution in [-0.4, -0.2) is 36.3 Å². The Morgan fingerprint density at radius 2 is 1.70 bits per heavy atom. The molecule has 7 heteroatoms. The van der Waals surface area contributed by atoms with Crippen molar-refractivity contribution in [2.75, 3.05) is 25.0 Å². The minimum Gasteiger partial charge on any atom is -0.339 e. The van der Waals surface area contributed by atoms with Gasteiger partial charge in [0.2, 0.25) is 0 Å². The number of benzene rings is 2. The fraction of sp³-hybridized carbons (Fsp3) is 0.300. The van der Waals surface area contributed by atoms with E-state index in [1.54, 1.807) is 48.5 Å². The van der Waals surface area contributed by atoms with Gasteiger partial charge in [-0.2, -0.15) is 0 Å². The number of anilines is 1.